The van der Waals surface area contributed by atoms with E-state index in [2.05, 4.69) is 44.3 Å². The number of pyridine rings is 1. The van der Waals surface area contributed by atoms with E-state index in [9.17, 15) is 4.79 Å². The fraction of sp³-hybridized carbons (Fsp3) is 0.100. The molecule has 0 bridgehead atoms. The van der Waals surface area contributed by atoms with Crippen LogP contribution in [0.5, 0.6) is 0 Å². The van der Waals surface area contributed by atoms with Gasteiger partial charge >= 0.3 is 0 Å². The van der Waals surface area contributed by atoms with Crippen LogP contribution in [-0.4, -0.2) is 10.9 Å². The van der Waals surface area contributed by atoms with Crippen molar-refractivity contribution in [1.82, 2.24) is 0 Å². The summed E-state index contributed by atoms with van der Waals surface area (Å²) in [7, 11) is 4.00. The van der Waals surface area contributed by atoms with Crippen LogP contribution in [0.1, 0.15) is 19.4 Å². The van der Waals surface area contributed by atoms with Crippen molar-refractivity contribution >= 4 is 27.2 Å². The van der Waals surface area contributed by atoms with Gasteiger partial charge in [-0.2, -0.15) is 12.5 Å². The van der Waals surface area contributed by atoms with Gasteiger partial charge in [-0.1, -0.05) is 41.3 Å². The number of hydrogen-bond acceptors (Lipinski definition) is 3. The first kappa shape index (κ1) is 21.0. The molecule has 3 rings (SSSR count). The van der Waals surface area contributed by atoms with Crippen molar-refractivity contribution in [2.24, 2.45) is 0 Å². The van der Waals surface area contributed by atoms with Crippen molar-refractivity contribution in [2.45, 2.75) is 13.8 Å². The zero-order chi connectivity index (χ0) is 17.7. The molecule has 1 N–H and O–H groups in total. The molecule has 5 heteroatoms. The Morgan fingerprint density at radius 2 is 1.80 bits per heavy atom. The van der Waals surface area contributed by atoms with Crippen molar-refractivity contribution in [1.29, 1.82) is 0 Å². The van der Waals surface area contributed by atoms with Crippen molar-refractivity contribution in [3.63, 3.8) is 0 Å². The van der Waals surface area contributed by atoms with Crippen molar-refractivity contribution in [2.75, 3.05) is 0 Å². The van der Waals surface area contributed by atoms with Gasteiger partial charge < -0.3 is 9.67 Å². The minimum absolute atomic E-state index is 0. The molecular weight excluding hydrogens is 511 g/mol. The number of aromatic nitrogens is 1. The molecule has 0 aliphatic carbocycles. The molecular formula is C20H20IrNO2S-. The van der Waals surface area contributed by atoms with Crippen LogP contribution in [0.15, 0.2) is 60.5 Å². The summed E-state index contributed by atoms with van der Waals surface area (Å²) in [6, 6.07) is 14.4. The number of benzene rings is 1. The van der Waals surface area contributed by atoms with Gasteiger partial charge in [0.1, 0.15) is 0 Å². The maximum absolute atomic E-state index is 10.0. The molecule has 3 nitrogen and oxygen atoms in total. The molecule has 1 radical (unpaired) electrons. The van der Waals surface area contributed by atoms with Gasteiger partial charge in [0.05, 0.1) is 17.6 Å². The van der Waals surface area contributed by atoms with Crippen LogP contribution in [0.4, 0.5) is 0 Å². The number of allylic oxidation sites excluding steroid dienone is 2. The molecule has 0 fully saturated rings. The van der Waals surface area contributed by atoms with E-state index in [4.69, 9.17) is 5.11 Å². The van der Waals surface area contributed by atoms with E-state index < -0.39 is 0 Å². The number of ketones is 1. The number of carbonyl (C=O) groups is 1. The zero-order valence-electron chi connectivity index (χ0n) is 14.2. The number of hydrogen-bond donors (Lipinski definition) is 1. The molecule has 0 atom stereocenters. The van der Waals surface area contributed by atoms with Gasteiger partial charge in [-0.05, 0) is 18.5 Å². The van der Waals surface area contributed by atoms with E-state index in [0.717, 1.165) is 11.3 Å². The Bertz CT molecular complexity index is 896. The first-order valence-electron chi connectivity index (χ1n) is 7.43. The van der Waals surface area contributed by atoms with Crippen LogP contribution in [0.2, 0.25) is 0 Å². The Labute approximate surface area is 166 Å². The van der Waals surface area contributed by atoms with Gasteiger partial charge in [0.15, 0.2) is 5.78 Å². The zero-order valence-corrected chi connectivity index (χ0v) is 17.4. The number of rotatable bonds is 2. The van der Waals surface area contributed by atoms with Gasteiger partial charge in [0.2, 0.25) is 0 Å². The molecule has 0 spiro atoms. The van der Waals surface area contributed by atoms with E-state index in [1.165, 1.54) is 34.9 Å². The smallest absolute Gasteiger partial charge is 0.155 e. The van der Waals surface area contributed by atoms with E-state index in [0.29, 0.717) is 0 Å². The van der Waals surface area contributed by atoms with Crippen LogP contribution in [0.25, 0.3) is 20.7 Å². The topological polar surface area (TPSA) is 41.2 Å². The predicted molar refractivity (Wildman–Crippen MR) is 99.7 cm³/mol. The molecule has 25 heavy (non-hydrogen) atoms. The first-order chi connectivity index (χ1) is 11.4. The molecule has 0 aliphatic rings. The summed E-state index contributed by atoms with van der Waals surface area (Å²) >= 11 is 1.77. The van der Waals surface area contributed by atoms with Crippen molar-refractivity contribution < 1.29 is 34.6 Å². The molecule has 2 aromatic heterocycles. The number of aliphatic hydroxyl groups is 1. The molecule has 0 amide bonds. The third-order valence-corrected chi connectivity index (χ3v) is 4.52. The third kappa shape index (κ3) is 5.46. The first-order valence-corrected chi connectivity index (χ1v) is 8.25. The average Bonchev–Trinajstić information content (AvgIpc) is 2.84. The van der Waals surface area contributed by atoms with Crippen LogP contribution in [0.3, 0.4) is 0 Å². The maximum Gasteiger partial charge on any atom is 0.155 e. The summed E-state index contributed by atoms with van der Waals surface area (Å²) in [4.78, 5) is 11.2. The van der Waals surface area contributed by atoms with Crippen LogP contribution in [0, 0.1) is 14.0 Å². The van der Waals surface area contributed by atoms with Crippen LogP contribution >= 0.6 is 11.3 Å². The summed E-state index contributed by atoms with van der Waals surface area (Å²) < 4.78 is 3.16. The molecule has 133 valence electrons. The predicted octanol–water partition coefficient (Wildman–Crippen LogP) is 4.71. The van der Waals surface area contributed by atoms with Crippen molar-refractivity contribution in [3.8, 4) is 10.6 Å². The summed E-state index contributed by atoms with van der Waals surface area (Å²) in [6.07, 6.45) is 3.12. The molecule has 2 heterocycles. The molecule has 0 unspecified atom stereocenters. The second-order valence-corrected chi connectivity index (χ2v) is 6.41. The second kappa shape index (κ2) is 9.42. The Hall–Kier alpha value is -2.07. The van der Waals surface area contributed by atoms with Gasteiger partial charge in [-0.15, -0.1) is 11.5 Å². The Balaban J connectivity index is 0.000000339. The van der Waals surface area contributed by atoms with E-state index >= 15 is 0 Å². The quantitative estimate of drug-likeness (QED) is 0.226. The third-order valence-electron chi connectivity index (χ3n) is 3.28. The van der Waals surface area contributed by atoms with Gasteiger partial charge in [0, 0.05) is 33.2 Å². The second-order valence-electron chi connectivity index (χ2n) is 5.36. The minimum Gasteiger partial charge on any atom is -0.512 e. The summed E-state index contributed by atoms with van der Waals surface area (Å²) in [5, 5.41) is 9.60. The van der Waals surface area contributed by atoms with Gasteiger partial charge in [-0.3, -0.25) is 4.79 Å². The number of nitrogens with zero attached hydrogens (tertiary/aromatic N) is 1. The van der Waals surface area contributed by atoms with Gasteiger partial charge in [0.25, 0.3) is 0 Å². The Morgan fingerprint density at radius 1 is 1.16 bits per heavy atom. The fourth-order valence-electron chi connectivity index (χ4n) is 2.28. The van der Waals surface area contributed by atoms with E-state index in [1.807, 2.05) is 22.9 Å². The van der Waals surface area contributed by atoms with Crippen molar-refractivity contribution in [3.05, 3.63) is 80.0 Å². The van der Waals surface area contributed by atoms with E-state index in [1.54, 1.807) is 11.3 Å². The SMILES string of the molecule is CC(=O)/C=C(/C)O.[CH2-]c1c(-c2cccc[n+]2[CH2-])sc2ccccc12.[Ir]. The standard InChI is InChI=1S/C15H12NS.C5H8O2.Ir/c1-11-12-7-3-4-9-14(12)17-15(11)13-8-5-6-10-16(13)2;1-4(6)3-5(2)7;/h3-10H,1-2H2;3,6H,1-2H3;/q-1;;/b;4-3-;. The molecule has 0 aliphatic heterocycles. The summed E-state index contributed by atoms with van der Waals surface area (Å²) in [5.41, 5.74) is 2.20. The number of carbonyl (C=O) groups excluding carboxylic acids is 1. The molecule has 0 saturated carbocycles. The van der Waals surface area contributed by atoms with Crippen LogP contribution in [-0.2, 0) is 24.9 Å². The maximum atomic E-state index is 10.0. The summed E-state index contributed by atoms with van der Waals surface area (Å²) in [6.45, 7) is 7.04. The normalized spacial score (nSPS) is 10.6. The largest absolute Gasteiger partial charge is 0.512 e. The molecule has 3 aromatic rings. The molecule has 0 saturated heterocycles. The van der Waals surface area contributed by atoms with E-state index in [-0.39, 0.29) is 31.6 Å². The Kier molecular flexibility index (Phi) is 7.90. The monoisotopic (exact) mass is 531 g/mol. The van der Waals surface area contributed by atoms with Gasteiger partial charge in [-0.25, -0.2) is 11.3 Å². The average molecular weight is 531 g/mol. The number of fused-ring (bicyclic) bond motifs is 1. The molecule has 1 aromatic carbocycles. The minimum atomic E-state index is -0.125. The Morgan fingerprint density at radius 3 is 2.32 bits per heavy atom. The number of thiophene rings is 1. The van der Waals surface area contributed by atoms with Crippen LogP contribution < -0.4 is 4.57 Å². The number of aliphatic hydroxyl groups excluding tert-OH is 1. The fourth-order valence-corrected chi connectivity index (χ4v) is 3.47. The summed E-state index contributed by atoms with van der Waals surface area (Å²) in [5.74, 6) is -0.0625.